The smallest absolute Gasteiger partial charge is 0.213 e. The Bertz CT molecular complexity index is 436. The summed E-state index contributed by atoms with van der Waals surface area (Å²) in [4.78, 5) is 13.6. The van der Waals surface area contributed by atoms with Crippen molar-refractivity contribution in [1.29, 1.82) is 0 Å². The molecule has 2 rings (SSSR count). The number of halogens is 1. The maximum absolute atomic E-state index is 12.5. The van der Waals surface area contributed by atoms with Crippen molar-refractivity contribution in [2.24, 2.45) is 0 Å². The maximum atomic E-state index is 12.5. The molecule has 0 spiro atoms. The van der Waals surface area contributed by atoms with Gasteiger partial charge in [-0.25, -0.2) is 4.98 Å². The van der Waals surface area contributed by atoms with Crippen LogP contribution in [0.3, 0.4) is 0 Å². The average molecular weight is 165 g/mol. The lowest BCUT2D eigenvalue weighted by Gasteiger charge is -1.85. The lowest BCUT2D eigenvalue weighted by atomic mass is 10.3. The van der Waals surface area contributed by atoms with Gasteiger partial charge in [0, 0.05) is 11.5 Å². The molecule has 0 aliphatic carbocycles. The number of furan rings is 1. The van der Waals surface area contributed by atoms with E-state index in [1.54, 1.807) is 0 Å². The molecule has 60 valence electrons. The predicted octanol–water partition coefficient (Wildman–Crippen LogP) is 1.78. The number of carbonyl (C=O) groups excluding carboxylic acids is 1. The van der Waals surface area contributed by atoms with E-state index in [4.69, 9.17) is 4.42 Å². The molecule has 0 aliphatic rings. The van der Waals surface area contributed by atoms with Crippen molar-refractivity contribution in [3.05, 3.63) is 30.0 Å². The van der Waals surface area contributed by atoms with Crippen LogP contribution in [0.15, 0.2) is 22.7 Å². The van der Waals surface area contributed by atoms with Crippen LogP contribution in [0, 0.1) is 5.95 Å². The molecule has 0 unspecified atom stereocenters. The van der Waals surface area contributed by atoms with Crippen LogP contribution in [0.2, 0.25) is 0 Å². The van der Waals surface area contributed by atoms with Crippen molar-refractivity contribution in [1.82, 2.24) is 4.98 Å². The van der Waals surface area contributed by atoms with E-state index in [2.05, 4.69) is 4.98 Å². The van der Waals surface area contributed by atoms with Crippen LogP contribution in [0.25, 0.3) is 11.0 Å². The molecule has 0 fully saturated rings. The summed E-state index contributed by atoms with van der Waals surface area (Å²) in [6, 6.07) is 2.68. The number of pyridine rings is 1. The number of hydrogen-bond donors (Lipinski definition) is 0. The van der Waals surface area contributed by atoms with Crippen molar-refractivity contribution >= 4 is 17.3 Å². The first-order valence-electron chi connectivity index (χ1n) is 3.30. The van der Waals surface area contributed by atoms with Crippen molar-refractivity contribution < 1.29 is 13.6 Å². The lowest BCUT2D eigenvalue weighted by Crippen LogP contribution is -1.77. The Morgan fingerprint density at radius 1 is 1.50 bits per heavy atom. The zero-order valence-corrected chi connectivity index (χ0v) is 5.95. The first-order valence-corrected chi connectivity index (χ1v) is 3.30. The third-order valence-corrected chi connectivity index (χ3v) is 1.51. The first-order chi connectivity index (χ1) is 5.79. The lowest BCUT2D eigenvalue weighted by molar-refractivity contribution is 0.110. The summed E-state index contributed by atoms with van der Waals surface area (Å²) < 4.78 is 17.5. The Morgan fingerprint density at radius 2 is 2.33 bits per heavy atom. The Balaban J connectivity index is 2.75. The number of aromatic nitrogens is 1. The number of fused-ring (bicyclic) bond motifs is 1. The molecule has 12 heavy (non-hydrogen) atoms. The van der Waals surface area contributed by atoms with Gasteiger partial charge in [0.2, 0.25) is 5.95 Å². The van der Waals surface area contributed by atoms with Crippen LogP contribution in [0.1, 0.15) is 10.6 Å². The molecular formula is C8H4FNO2. The summed E-state index contributed by atoms with van der Waals surface area (Å²) in [5.41, 5.74) is 0.415. The van der Waals surface area contributed by atoms with Crippen LogP contribution in [-0.4, -0.2) is 11.3 Å². The quantitative estimate of drug-likeness (QED) is 0.477. The summed E-state index contributed by atoms with van der Waals surface area (Å²) >= 11 is 0. The molecule has 0 saturated heterocycles. The molecule has 0 aliphatic heterocycles. The van der Waals surface area contributed by atoms with E-state index in [9.17, 15) is 9.18 Å². The van der Waals surface area contributed by atoms with E-state index < -0.39 is 5.95 Å². The molecule has 0 saturated carbocycles. The van der Waals surface area contributed by atoms with Gasteiger partial charge in [0.15, 0.2) is 17.6 Å². The third kappa shape index (κ3) is 0.972. The minimum Gasteiger partial charge on any atom is -0.452 e. The largest absolute Gasteiger partial charge is 0.452 e. The second kappa shape index (κ2) is 2.41. The van der Waals surface area contributed by atoms with Crippen molar-refractivity contribution in [2.45, 2.75) is 0 Å². The topological polar surface area (TPSA) is 43.1 Å². The van der Waals surface area contributed by atoms with Crippen LogP contribution >= 0.6 is 0 Å². The molecule has 0 N–H and O–H groups in total. The molecule has 0 amide bonds. The van der Waals surface area contributed by atoms with E-state index in [1.165, 1.54) is 18.3 Å². The number of aldehydes is 1. The van der Waals surface area contributed by atoms with Gasteiger partial charge in [-0.05, 0) is 6.07 Å². The third-order valence-electron chi connectivity index (χ3n) is 1.51. The molecule has 3 nitrogen and oxygen atoms in total. The fourth-order valence-electron chi connectivity index (χ4n) is 0.997. The van der Waals surface area contributed by atoms with E-state index >= 15 is 0 Å². The van der Waals surface area contributed by atoms with Crippen LogP contribution in [0.4, 0.5) is 4.39 Å². The zero-order valence-electron chi connectivity index (χ0n) is 5.95. The fraction of sp³-hybridized carbons (Fsp3) is 0. The van der Waals surface area contributed by atoms with Crippen LogP contribution in [0.5, 0.6) is 0 Å². The number of hydrogen-bond acceptors (Lipinski definition) is 3. The summed E-state index contributed by atoms with van der Waals surface area (Å²) in [7, 11) is 0. The molecule has 2 aromatic rings. The molecule has 0 radical (unpaired) electrons. The maximum Gasteiger partial charge on any atom is 0.213 e. The summed E-state index contributed by atoms with van der Waals surface area (Å²) in [6.45, 7) is 0. The molecule has 0 atom stereocenters. The first kappa shape index (κ1) is 6.97. The normalized spacial score (nSPS) is 10.4. The second-order valence-electron chi connectivity index (χ2n) is 2.31. The monoisotopic (exact) mass is 165 g/mol. The highest BCUT2D eigenvalue weighted by Gasteiger charge is 2.03. The zero-order chi connectivity index (χ0) is 8.55. The van der Waals surface area contributed by atoms with Gasteiger partial charge in [0.1, 0.15) is 0 Å². The van der Waals surface area contributed by atoms with Gasteiger partial charge in [-0.1, -0.05) is 0 Å². The minimum absolute atomic E-state index is 0.178. The molecule has 2 aromatic heterocycles. The van der Waals surface area contributed by atoms with Gasteiger partial charge in [0.25, 0.3) is 0 Å². The van der Waals surface area contributed by atoms with E-state index in [-0.39, 0.29) is 5.76 Å². The van der Waals surface area contributed by atoms with E-state index in [0.29, 0.717) is 17.3 Å². The Kier molecular flexibility index (Phi) is 1.40. The average Bonchev–Trinajstić information content (AvgIpc) is 2.46. The predicted molar refractivity (Wildman–Crippen MR) is 39.4 cm³/mol. The number of nitrogens with zero attached hydrogens (tertiary/aromatic N) is 1. The van der Waals surface area contributed by atoms with Crippen LogP contribution in [-0.2, 0) is 0 Å². The highest BCUT2D eigenvalue weighted by atomic mass is 19.1. The van der Waals surface area contributed by atoms with Crippen molar-refractivity contribution in [2.75, 3.05) is 0 Å². The van der Waals surface area contributed by atoms with E-state index in [1.807, 2.05) is 0 Å². The standard InChI is InChI=1S/C8H4FNO2/c9-8-2-5-1-6(4-11)12-7(5)3-10-8/h1-4H. The number of rotatable bonds is 1. The number of carbonyl (C=O) groups is 1. The second-order valence-corrected chi connectivity index (χ2v) is 2.31. The SMILES string of the molecule is O=Cc1cc2cc(F)ncc2o1. The van der Waals surface area contributed by atoms with Crippen molar-refractivity contribution in [3.8, 4) is 0 Å². The Hall–Kier alpha value is -1.71. The molecule has 2 heterocycles. The summed E-state index contributed by atoms with van der Waals surface area (Å²) in [5.74, 6) is -0.404. The van der Waals surface area contributed by atoms with Gasteiger partial charge in [-0.2, -0.15) is 4.39 Å². The molecule has 4 heteroatoms. The molecule has 0 bridgehead atoms. The fourth-order valence-corrected chi connectivity index (χ4v) is 0.997. The Morgan fingerprint density at radius 3 is 3.08 bits per heavy atom. The van der Waals surface area contributed by atoms with Crippen LogP contribution < -0.4 is 0 Å². The minimum atomic E-state index is -0.583. The highest BCUT2D eigenvalue weighted by molar-refractivity contribution is 5.84. The van der Waals surface area contributed by atoms with Gasteiger partial charge in [-0.15, -0.1) is 0 Å². The van der Waals surface area contributed by atoms with E-state index in [0.717, 1.165) is 0 Å². The summed E-state index contributed by atoms with van der Waals surface area (Å²) in [6.07, 6.45) is 1.82. The Labute approximate surface area is 66.8 Å². The van der Waals surface area contributed by atoms with Gasteiger partial charge >= 0.3 is 0 Å². The van der Waals surface area contributed by atoms with Gasteiger partial charge < -0.3 is 4.42 Å². The van der Waals surface area contributed by atoms with Crippen molar-refractivity contribution in [3.63, 3.8) is 0 Å². The molecular weight excluding hydrogens is 161 g/mol. The van der Waals surface area contributed by atoms with Gasteiger partial charge in [0.05, 0.1) is 6.20 Å². The molecule has 0 aromatic carbocycles. The van der Waals surface area contributed by atoms with Gasteiger partial charge in [-0.3, -0.25) is 4.79 Å². The highest BCUT2D eigenvalue weighted by Crippen LogP contribution is 2.17. The summed E-state index contributed by atoms with van der Waals surface area (Å²) in [5, 5.41) is 0.546.